The highest BCUT2D eigenvalue weighted by atomic mass is 32.2. The van der Waals surface area contributed by atoms with Gasteiger partial charge in [-0.1, -0.05) is 24.8 Å². The van der Waals surface area contributed by atoms with Crippen LogP contribution >= 0.6 is 11.8 Å². The van der Waals surface area contributed by atoms with E-state index in [1.54, 1.807) is 0 Å². The van der Waals surface area contributed by atoms with Crippen LogP contribution in [0.15, 0.2) is 35.5 Å². The lowest BCUT2D eigenvalue weighted by atomic mass is 9.95. The molecule has 0 amide bonds. The summed E-state index contributed by atoms with van der Waals surface area (Å²) in [6.45, 7) is 11.3. The van der Waals surface area contributed by atoms with Crippen molar-refractivity contribution in [3.05, 3.63) is 53.1 Å². The lowest BCUT2D eigenvalue weighted by Crippen LogP contribution is -2.35. The largest absolute Gasteiger partial charge is 0.346 e. The Morgan fingerprint density at radius 1 is 1.27 bits per heavy atom. The van der Waals surface area contributed by atoms with Gasteiger partial charge in [0.25, 0.3) is 0 Å². The van der Waals surface area contributed by atoms with Crippen LogP contribution in [0, 0.1) is 13.8 Å². The molecule has 2 aliphatic heterocycles. The maximum atomic E-state index is 5.13. The summed E-state index contributed by atoms with van der Waals surface area (Å²) >= 11 is 1.91. The number of pyridine rings is 1. The summed E-state index contributed by atoms with van der Waals surface area (Å²) in [6.07, 6.45) is 3.04. The van der Waals surface area contributed by atoms with Gasteiger partial charge in [0.2, 0.25) is 0 Å². The van der Waals surface area contributed by atoms with E-state index in [-0.39, 0.29) is 12.1 Å². The third-order valence-corrected chi connectivity index (χ3v) is 6.81. The number of aliphatic imine (C=N–C) groups is 1. The Morgan fingerprint density at radius 3 is 2.69 bits per heavy atom. The zero-order valence-corrected chi connectivity index (χ0v) is 17.1. The Kier molecular flexibility index (Phi) is 4.59. The zero-order chi connectivity index (χ0) is 18.4. The number of amidine groups is 1. The maximum Gasteiger partial charge on any atom is 0.160 e. The zero-order valence-electron chi connectivity index (χ0n) is 16.3. The van der Waals surface area contributed by atoms with E-state index in [9.17, 15) is 0 Å². The molecule has 0 aliphatic carbocycles. The summed E-state index contributed by atoms with van der Waals surface area (Å²) in [6, 6.07) is 9.91. The smallest absolute Gasteiger partial charge is 0.160 e. The number of aromatic nitrogens is 2. The molecule has 0 N–H and O–H groups in total. The van der Waals surface area contributed by atoms with Gasteiger partial charge >= 0.3 is 0 Å². The predicted octanol–water partition coefficient (Wildman–Crippen LogP) is 5.06. The minimum atomic E-state index is 0.0779. The predicted molar refractivity (Wildman–Crippen MR) is 110 cm³/mol. The van der Waals surface area contributed by atoms with Crippen molar-refractivity contribution in [1.29, 1.82) is 0 Å². The first kappa shape index (κ1) is 17.7. The second kappa shape index (κ2) is 6.76. The van der Waals surface area contributed by atoms with E-state index in [1.807, 2.05) is 24.0 Å². The lowest BCUT2D eigenvalue weighted by molar-refractivity contribution is 0.254. The molecule has 4 heterocycles. The van der Waals surface area contributed by atoms with E-state index in [0.29, 0.717) is 12.1 Å². The highest BCUT2D eigenvalue weighted by Gasteiger charge is 2.46. The molecule has 4 rings (SSSR count). The molecule has 0 spiro atoms. The van der Waals surface area contributed by atoms with Crippen LogP contribution in [-0.2, 0) is 0 Å². The van der Waals surface area contributed by atoms with Crippen molar-refractivity contribution in [3.8, 4) is 0 Å². The molecular weight excluding hydrogens is 340 g/mol. The van der Waals surface area contributed by atoms with Crippen LogP contribution < -0.4 is 0 Å². The van der Waals surface area contributed by atoms with Gasteiger partial charge in [-0.05, 0) is 57.9 Å². The quantitative estimate of drug-likeness (QED) is 0.756. The van der Waals surface area contributed by atoms with Crippen LogP contribution in [0.4, 0.5) is 0 Å². The van der Waals surface area contributed by atoms with Gasteiger partial charge in [-0.15, -0.1) is 0 Å². The van der Waals surface area contributed by atoms with E-state index >= 15 is 0 Å². The van der Waals surface area contributed by atoms with Gasteiger partial charge in [-0.2, -0.15) is 0 Å². The second-order valence-electron chi connectivity index (χ2n) is 7.63. The minimum Gasteiger partial charge on any atom is -0.346 e. The van der Waals surface area contributed by atoms with Crippen molar-refractivity contribution < 1.29 is 0 Å². The Morgan fingerprint density at radius 2 is 2.08 bits per heavy atom. The lowest BCUT2D eigenvalue weighted by Gasteiger charge is -2.32. The molecule has 4 nitrogen and oxygen atoms in total. The van der Waals surface area contributed by atoms with Gasteiger partial charge in [-0.3, -0.25) is 9.98 Å². The van der Waals surface area contributed by atoms with Gasteiger partial charge < -0.3 is 9.47 Å². The van der Waals surface area contributed by atoms with Crippen LogP contribution in [0.2, 0.25) is 0 Å². The molecule has 0 radical (unpaired) electrons. The van der Waals surface area contributed by atoms with Crippen LogP contribution in [0.1, 0.15) is 68.0 Å². The summed E-state index contributed by atoms with van der Waals surface area (Å²) in [5, 5.41) is 1.20. The summed E-state index contributed by atoms with van der Waals surface area (Å²) in [4.78, 5) is 12.4. The number of hydrogen-bond donors (Lipinski definition) is 0. The van der Waals surface area contributed by atoms with Crippen LogP contribution in [-0.4, -0.2) is 31.4 Å². The summed E-state index contributed by atoms with van der Waals surface area (Å²) in [5.74, 6) is 1.14. The van der Waals surface area contributed by atoms with E-state index in [2.05, 4.69) is 67.3 Å². The van der Waals surface area contributed by atoms with Crippen LogP contribution in [0.5, 0.6) is 0 Å². The van der Waals surface area contributed by atoms with Crippen molar-refractivity contribution in [1.82, 2.24) is 14.5 Å². The molecule has 2 aliphatic rings. The highest BCUT2D eigenvalue weighted by molar-refractivity contribution is 8.14. The number of aryl methyl sites for hydroxylation is 1. The highest BCUT2D eigenvalue weighted by Crippen LogP contribution is 2.49. The average molecular weight is 369 g/mol. The molecule has 5 heteroatoms. The van der Waals surface area contributed by atoms with Gasteiger partial charge in [0.05, 0.1) is 11.7 Å². The molecule has 0 aromatic carbocycles. The fraction of sp³-hybridized carbons (Fsp3) is 0.524. The molecule has 1 saturated heterocycles. The van der Waals surface area contributed by atoms with Crippen molar-refractivity contribution in [2.45, 2.75) is 65.2 Å². The Hall–Kier alpha value is -1.75. The Balaban J connectivity index is 1.84. The second-order valence-corrected chi connectivity index (χ2v) is 8.61. The summed E-state index contributed by atoms with van der Waals surface area (Å²) in [5.41, 5.74) is 5.18. The number of fused-ring (bicyclic) bond motifs is 1. The van der Waals surface area contributed by atoms with Crippen LogP contribution in [0.25, 0.3) is 0 Å². The summed E-state index contributed by atoms with van der Waals surface area (Å²) < 4.78 is 2.45. The first-order valence-electron chi connectivity index (χ1n) is 9.61. The number of nitrogens with zero attached hydrogens (tertiary/aromatic N) is 4. The van der Waals surface area contributed by atoms with Crippen molar-refractivity contribution >= 4 is 16.9 Å². The molecule has 2 aromatic rings. The van der Waals surface area contributed by atoms with Crippen molar-refractivity contribution in [2.75, 3.05) is 5.75 Å². The van der Waals surface area contributed by atoms with E-state index in [0.717, 1.165) is 17.9 Å². The normalized spacial score (nSPS) is 25.1. The molecule has 138 valence electrons. The molecule has 3 unspecified atom stereocenters. The maximum absolute atomic E-state index is 5.13. The van der Waals surface area contributed by atoms with Gasteiger partial charge in [0.1, 0.15) is 6.04 Å². The fourth-order valence-electron chi connectivity index (χ4n) is 4.58. The average Bonchev–Trinajstić information content (AvgIpc) is 3.27. The Bertz CT molecular complexity index is 824. The third-order valence-electron chi connectivity index (χ3n) is 5.69. The van der Waals surface area contributed by atoms with Crippen molar-refractivity contribution in [3.63, 3.8) is 0 Å². The first-order valence-corrected chi connectivity index (χ1v) is 10.6. The monoisotopic (exact) mass is 368 g/mol. The molecule has 3 atom stereocenters. The number of thioether (sulfide) groups is 1. The topological polar surface area (TPSA) is 33.4 Å². The van der Waals surface area contributed by atoms with E-state index < -0.39 is 0 Å². The number of hydrogen-bond acceptors (Lipinski definition) is 4. The summed E-state index contributed by atoms with van der Waals surface area (Å²) in [7, 11) is 0. The first-order chi connectivity index (χ1) is 12.5. The molecule has 0 bridgehead atoms. The molecule has 2 aromatic heterocycles. The Labute approximate surface area is 160 Å². The standard InChI is InChI=1S/C21H28N4S/c1-6-16-12-26-21-23-19(18-9-7-8-10-22-18)20(25(16)21)17-11-14(4)24(13(2)3)15(17)5/h7-11,13,16,19-20H,6,12H2,1-5H3. The molecule has 0 saturated carbocycles. The molecule has 1 fully saturated rings. The van der Waals surface area contributed by atoms with Gasteiger partial charge in [0.15, 0.2) is 5.17 Å². The van der Waals surface area contributed by atoms with Gasteiger partial charge in [-0.25, -0.2) is 0 Å². The number of rotatable bonds is 4. The van der Waals surface area contributed by atoms with Crippen LogP contribution in [0.3, 0.4) is 0 Å². The minimum absolute atomic E-state index is 0.0779. The van der Waals surface area contributed by atoms with E-state index in [4.69, 9.17) is 4.99 Å². The van der Waals surface area contributed by atoms with Crippen molar-refractivity contribution in [2.24, 2.45) is 4.99 Å². The fourth-order valence-corrected chi connectivity index (χ4v) is 5.92. The van der Waals surface area contributed by atoms with E-state index in [1.165, 1.54) is 22.1 Å². The SMILES string of the molecule is CCC1CSC2=NC(c3ccccn3)C(c3cc(C)n(C(C)C)c3C)N21. The third kappa shape index (κ3) is 2.68. The van der Waals surface area contributed by atoms with Gasteiger partial charge in [0, 0.05) is 35.4 Å². The molecule has 26 heavy (non-hydrogen) atoms. The molecular formula is C21H28N4S.